The van der Waals surface area contributed by atoms with E-state index in [0.717, 1.165) is 89.9 Å². The van der Waals surface area contributed by atoms with Gasteiger partial charge in [0, 0.05) is 19.4 Å². The van der Waals surface area contributed by atoms with Crippen molar-refractivity contribution >= 4 is 19.8 Å². The molecule has 2 unspecified atom stereocenters. The third-order valence-corrected chi connectivity index (χ3v) is 18.1. The molecule has 0 aliphatic rings. The first-order valence-corrected chi connectivity index (χ1v) is 40.9. The summed E-state index contributed by atoms with van der Waals surface area (Å²) in [7, 11) is -4.40. The second kappa shape index (κ2) is 77.7. The lowest BCUT2D eigenvalue weighted by Gasteiger charge is -2.19. The summed E-state index contributed by atoms with van der Waals surface area (Å²) in [6.07, 6.45) is 108. The Morgan fingerprint density at radius 2 is 0.559 bits per heavy atom. The van der Waals surface area contributed by atoms with Crippen LogP contribution in [0.15, 0.2) is 109 Å². The molecule has 0 heterocycles. The lowest BCUT2D eigenvalue weighted by Crippen LogP contribution is -2.29. The predicted molar refractivity (Wildman–Crippen MR) is 404 cm³/mol. The van der Waals surface area contributed by atoms with Gasteiger partial charge >= 0.3 is 19.8 Å². The Morgan fingerprint density at radius 3 is 0.828 bits per heavy atom. The van der Waals surface area contributed by atoms with Crippen LogP contribution in [0.2, 0.25) is 0 Å². The quantitative estimate of drug-likeness (QED) is 0.0264. The average Bonchev–Trinajstić information content (AvgIpc) is 3.04. The normalized spacial score (nSPS) is 13.5. The van der Waals surface area contributed by atoms with Crippen LogP contribution in [0, 0.1) is 0 Å². The highest BCUT2D eigenvalue weighted by Gasteiger charge is 2.26. The van der Waals surface area contributed by atoms with Crippen LogP contribution in [0.4, 0.5) is 0 Å². The average molecular weight is 1320 g/mol. The Balaban J connectivity index is 3.78. The summed E-state index contributed by atoms with van der Waals surface area (Å²) in [4.78, 5) is 35.5. The maximum Gasteiger partial charge on any atom is 0.472 e. The molecule has 0 spiro atoms. The molecule has 0 saturated carbocycles. The maximum absolute atomic E-state index is 12.8. The molecule has 0 amide bonds. The number of allylic oxidation sites excluding steroid dienone is 18. The fourth-order valence-electron chi connectivity index (χ4n) is 11.4. The molecule has 9 nitrogen and oxygen atoms in total. The van der Waals surface area contributed by atoms with Crippen LogP contribution in [-0.2, 0) is 32.7 Å². The summed E-state index contributed by atoms with van der Waals surface area (Å²) in [5.74, 6) is -0.810. The Hall–Kier alpha value is -3.33. The molecule has 0 aromatic heterocycles. The summed E-state index contributed by atoms with van der Waals surface area (Å²) < 4.78 is 33.3. The number of phosphoric acid groups is 1. The number of rotatable bonds is 74. The van der Waals surface area contributed by atoms with E-state index in [9.17, 15) is 19.0 Å². The number of carbonyl (C=O) groups is 2. The van der Waals surface area contributed by atoms with Gasteiger partial charge in [-0.3, -0.25) is 18.6 Å². The molecule has 0 aliphatic heterocycles. The number of hydrogen-bond acceptors (Lipinski definition) is 8. The SMILES string of the molecule is CC/C=C\C/C=C\C/C=C\C/C=C\C/C=C\CCCCCCCCCCCCCCCCCCCCCCCC(=O)OC(COC(=O)CCCCCCCCCCCCCCCCCCCCCCCC/C=C\C/C=C\C/C=C\C/C=C\CC)COP(=O)(O)OCCN. The van der Waals surface area contributed by atoms with Crippen molar-refractivity contribution in [2.24, 2.45) is 5.73 Å². The van der Waals surface area contributed by atoms with Crippen molar-refractivity contribution in [2.75, 3.05) is 26.4 Å². The van der Waals surface area contributed by atoms with E-state index in [1.165, 1.54) is 250 Å². The summed E-state index contributed by atoms with van der Waals surface area (Å²) in [5.41, 5.74) is 5.42. The third kappa shape index (κ3) is 77.6. The molecule has 538 valence electrons. The van der Waals surface area contributed by atoms with Crippen LogP contribution in [-0.4, -0.2) is 49.3 Å². The van der Waals surface area contributed by atoms with Crippen LogP contribution in [0.25, 0.3) is 0 Å². The molecule has 2 atom stereocenters. The Bertz CT molecular complexity index is 1900. The third-order valence-electron chi connectivity index (χ3n) is 17.2. The zero-order chi connectivity index (χ0) is 67.2. The number of esters is 2. The summed E-state index contributed by atoms with van der Waals surface area (Å²) in [6, 6.07) is 0. The molecule has 0 aliphatic carbocycles. The van der Waals surface area contributed by atoms with Crippen molar-refractivity contribution in [3.8, 4) is 0 Å². The molecule has 0 aromatic rings. The summed E-state index contributed by atoms with van der Waals surface area (Å²) in [5, 5.41) is 0. The molecule has 0 aromatic carbocycles. The molecule has 0 fully saturated rings. The zero-order valence-electron chi connectivity index (χ0n) is 60.7. The van der Waals surface area contributed by atoms with Gasteiger partial charge in [-0.25, -0.2) is 4.57 Å². The number of nitrogens with two attached hydrogens (primary N) is 1. The Morgan fingerprint density at radius 1 is 0.323 bits per heavy atom. The molecule has 10 heteroatoms. The maximum atomic E-state index is 12.8. The van der Waals surface area contributed by atoms with E-state index in [2.05, 4.69) is 123 Å². The second-order valence-electron chi connectivity index (χ2n) is 26.2. The van der Waals surface area contributed by atoms with Gasteiger partial charge in [-0.2, -0.15) is 0 Å². The van der Waals surface area contributed by atoms with Gasteiger partial charge in [-0.05, 0) is 96.3 Å². The number of hydrogen-bond donors (Lipinski definition) is 2. The van der Waals surface area contributed by atoms with Crippen LogP contribution < -0.4 is 5.73 Å². The van der Waals surface area contributed by atoms with E-state index < -0.39 is 26.5 Å². The number of carbonyl (C=O) groups excluding carboxylic acids is 2. The van der Waals surface area contributed by atoms with Crippen molar-refractivity contribution < 1.29 is 37.6 Å². The van der Waals surface area contributed by atoms with Crippen LogP contribution in [0.1, 0.15) is 373 Å². The van der Waals surface area contributed by atoms with Crippen LogP contribution >= 0.6 is 7.82 Å². The van der Waals surface area contributed by atoms with Crippen molar-refractivity contribution in [1.29, 1.82) is 0 Å². The molecule has 0 radical (unpaired) electrons. The fraction of sp³-hybridized carbons (Fsp3) is 0.759. The first kappa shape index (κ1) is 89.7. The van der Waals surface area contributed by atoms with E-state index in [4.69, 9.17) is 24.3 Å². The van der Waals surface area contributed by atoms with Gasteiger partial charge < -0.3 is 20.1 Å². The minimum atomic E-state index is -4.40. The van der Waals surface area contributed by atoms with E-state index in [1.807, 2.05) is 0 Å². The van der Waals surface area contributed by atoms with E-state index in [1.54, 1.807) is 0 Å². The zero-order valence-corrected chi connectivity index (χ0v) is 61.6. The minimum Gasteiger partial charge on any atom is -0.462 e. The molecule has 93 heavy (non-hydrogen) atoms. The van der Waals surface area contributed by atoms with Crippen LogP contribution in [0.3, 0.4) is 0 Å². The van der Waals surface area contributed by atoms with Crippen molar-refractivity contribution in [1.82, 2.24) is 0 Å². The summed E-state index contributed by atoms with van der Waals surface area (Å²) >= 11 is 0. The molecular weight excluding hydrogens is 1170 g/mol. The van der Waals surface area contributed by atoms with E-state index in [0.29, 0.717) is 6.42 Å². The van der Waals surface area contributed by atoms with Gasteiger partial charge in [0.2, 0.25) is 0 Å². The van der Waals surface area contributed by atoms with Gasteiger partial charge in [0.25, 0.3) is 0 Å². The molecule has 0 rings (SSSR count). The molecule has 0 saturated heterocycles. The topological polar surface area (TPSA) is 134 Å². The lowest BCUT2D eigenvalue weighted by molar-refractivity contribution is -0.161. The molecule has 3 N–H and O–H groups in total. The van der Waals surface area contributed by atoms with Crippen molar-refractivity contribution in [3.63, 3.8) is 0 Å². The highest BCUT2D eigenvalue weighted by molar-refractivity contribution is 7.47. The van der Waals surface area contributed by atoms with Crippen molar-refractivity contribution in [3.05, 3.63) is 109 Å². The van der Waals surface area contributed by atoms with Gasteiger partial charge in [0.1, 0.15) is 6.61 Å². The largest absolute Gasteiger partial charge is 0.472 e. The first-order chi connectivity index (χ1) is 45.8. The smallest absolute Gasteiger partial charge is 0.462 e. The van der Waals surface area contributed by atoms with E-state index >= 15 is 0 Å². The van der Waals surface area contributed by atoms with Gasteiger partial charge in [0.05, 0.1) is 13.2 Å². The number of ether oxygens (including phenoxy) is 2. The Kier molecular flexibility index (Phi) is 74.9. The first-order valence-electron chi connectivity index (χ1n) is 39.4. The second-order valence-corrected chi connectivity index (χ2v) is 27.6. The molecular formula is C83H148NO8P. The lowest BCUT2D eigenvalue weighted by atomic mass is 10.0. The highest BCUT2D eigenvalue weighted by Crippen LogP contribution is 2.43. The van der Waals surface area contributed by atoms with Crippen LogP contribution in [0.5, 0.6) is 0 Å². The van der Waals surface area contributed by atoms with E-state index in [-0.39, 0.29) is 38.6 Å². The van der Waals surface area contributed by atoms with Crippen molar-refractivity contribution in [2.45, 2.75) is 380 Å². The standard InChI is InChI=1S/C83H148NO8P/c1-3-5-7-9-11-13-15-17-19-21-23-25-27-29-31-33-35-37-39-40-42-44-46-48-50-52-54-56-58-60-62-64-66-68-70-72-74-76-83(86)92-81(80-91-93(87,88)90-78-77-84)79-89-82(85)75-73-71-69-67-65-63-61-59-57-55-53-51-49-47-45-43-41-38-36-34-32-30-28-26-24-22-20-18-16-14-12-10-8-6-4-2/h5-8,11-14,17-20,23-26,29,31,81H,3-4,9-10,15-16,21-22,27-28,30,32-80,84H2,1-2H3,(H,87,88)/b7-5-,8-6-,13-11-,14-12-,19-17-,20-18-,25-23-,26-24-,31-29-. The fourth-order valence-corrected chi connectivity index (χ4v) is 12.2. The van der Waals surface area contributed by atoms with Gasteiger partial charge in [0.15, 0.2) is 6.10 Å². The monoisotopic (exact) mass is 1320 g/mol. The number of unbranched alkanes of at least 4 members (excludes halogenated alkanes) is 43. The summed E-state index contributed by atoms with van der Waals surface area (Å²) in [6.45, 7) is 3.57. The minimum absolute atomic E-state index is 0.0531. The number of phosphoric ester groups is 1. The predicted octanol–water partition coefficient (Wildman–Crippen LogP) is 26.4. The highest BCUT2D eigenvalue weighted by atomic mass is 31.2. The Labute approximate surface area is 575 Å². The van der Waals surface area contributed by atoms with Gasteiger partial charge in [-0.1, -0.05) is 374 Å². The van der Waals surface area contributed by atoms with Gasteiger partial charge in [-0.15, -0.1) is 0 Å². The molecule has 0 bridgehead atoms.